The van der Waals surface area contributed by atoms with Crippen LogP contribution in [-0.2, 0) is 0 Å². The Morgan fingerprint density at radius 3 is 3.00 bits per heavy atom. The largest absolute Gasteiger partial charge is 0.352 e. The molecule has 0 saturated heterocycles. The molecule has 4 heteroatoms. The fourth-order valence-electron chi connectivity index (χ4n) is 2.16. The van der Waals surface area contributed by atoms with Gasteiger partial charge in [0.25, 0.3) is 5.91 Å². The Balaban J connectivity index is 2.03. The summed E-state index contributed by atoms with van der Waals surface area (Å²) in [6.07, 6.45) is 3.70. The maximum absolute atomic E-state index is 12.1. The van der Waals surface area contributed by atoms with Crippen LogP contribution in [0.2, 0.25) is 0 Å². The van der Waals surface area contributed by atoms with E-state index in [9.17, 15) is 4.79 Å². The fraction of sp³-hybridized carbons (Fsp3) is 0.375. The number of nitrogens with one attached hydrogen (secondary N) is 1. The number of carbonyl (C=O) groups excluding carboxylic acids is 1. The number of hydrogen-bond acceptors (Lipinski definition) is 2. The number of alkyl halides is 1. The van der Waals surface area contributed by atoms with Crippen LogP contribution in [0.25, 0.3) is 10.9 Å². The highest BCUT2D eigenvalue weighted by Crippen LogP contribution is 2.14. The van der Waals surface area contributed by atoms with Crippen LogP contribution in [0.1, 0.15) is 30.1 Å². The molecular weight excluding hydrogens is 272 g/mol. The third kappa shape index (κ3) is 3.70. The molecule has 0 fully saturated rings. The van der Waals surface area contributed by atoms with E-state index in [1.54, 1.807) is 6.20 Å². The number of benzene rings is 1. The van der Waals surface area contributed by atoms with Crippen molar-refractivity contribution >= 4 is 28.4 Å². The number of fused-ring (bicyclic) bond motifs is 1. The van der Waals surface area contributed by atoms with Gasteiger partial charge in [0, 0.05) is 29.6 Å². The Kier molecular flexibility index (Phi) is 5.36. The molecule has 1 aromatic carbocycles. The zero-order valence-electron chi connectivity index (χ0n) is 11.6. The first-order valence-corrected chi connectivity index (χ1v) is 7.47. The highest BCUT2D eigenvalue weighted by molar-refractivity contribution is 6.17. The maximum Gasteiger partial charge on any atom is 0.251 e. The van der Waals surface area contributed by atoms with Crippen molar-refractivity contribution in [3.8, 4) is 0 Å². The SMILES string of the molecule is CCC(CCCl)CNC(=O)c1ccc2ncccc2c1. The van der Waals surface area contributed by atoms with Gasteiger partial charge in [-0.2, -0.15) is 0 Å². The Labute approximate surface area is 124 Å². The molecule has 3 nitrogen and oxygen atoms in total. The van der Waals surface area contributed by atoms with E-state index in [-0.39, 0.29) is 5.91 Å². The van der Waals surface area contributed by atoms with Crippen molar-refractivity contribution in [2.24, 2.45) is 5.92 Å². The van der Waals surface area contributed by atoms with Gasteiger partial charge in [-0.25, -0.2) is 0 Å². The van der Waals surface area contributed by atoms with Crippen molar-refractivity contribution in [3.63, 3.8) is 0 Å². The van der Waals surface area contributed by atoms with Crippen molar-refractivity contribution in [1.82, 2.24) is 10.3 Å². The number of rotatable bonds is 6. The van der Waals surface area contributed by atoms with Crippen LogP contribution in [0.5, 0.6) is 0 Å². The minimum atomic E-state index is -0.0382. The van der Waals surface area contributed by atoms with Gasteiger partial charge in [-0.05, 0) is 36.6 Å². The Morgan fingerprint density at radius 2 is 2.25 bits per heavy atom. The zero-order chi connectivity index (χ0) is 14.4. The Morgan fingerprint density at radius 1 is 1.40 bits per heavy atom. The number of hydrogen-bond donors (Lipinski definition) is 1. The van der Waals surface area contributed by atoms with Crippen LogP contribution in [0.15, 0.2) is 36.5 Å². The summed E-state index contributed by atoms with van der Waals surface area (Å²) in [4.78, 5) is 16.4. The second kappa shape index (κ2) is 7.25. The molecule has 0 saturated carbocycles. The van der Waals surface area contributed by atoms with Gasteiger partial charge in [-0.3, -0.25) is 9.78 Å². The van der Waals surface area contributed by atoms with Crippen molar-refractivity contribution < 1.29 is 4.79 Å². The molecule has 106 valence electrons. The third-order valence-corrected chi connectivity index (χ3v) is 3.73. The molecule has 0 bridgehead atoms. The van der Waals surface area contributed by atoms with Crippen LogP contribution in [0.4, 0.5) is 0 Å². The quantitative estimate of drug-likeness (QED) is 0.826. The van der Waals surface area contributed by atoms with E-state index < -0.39 is 0 Å². The van der Waals surface area contributed by atoms with Crippen LogP contribution in [0.3, 0.4) is 0 Å². The summed E-state index contributed by atoms with van der Waals surface area (Å²) in [6.45, 7) is 2.79. The predicted octanol–water partition coefficient (Wildman–Crippen LogP) is 3.62. The van der Waals surface area contributed by atoms with Gasteiger partial charge >= 0.3 is 0 Å². The molecule has 1 atom stereocenters. The van der Waals surface area contributed by atoms with Crippen molar-refractivity contribution in [3.05, 3.63) is 42.1 Å². The van der Waals surface area contributed by atoms with Crippen molar-refractivity contribution in [2.75, 3.05) is 12.4 Å². The lowest BCUT2D eigenvalue weighted by molar-refractivity contribution is 0.0946. The minimum Gasteiger partial charge on any atom is -0.352 e. The fourth-order valence-corrected chi connectivity index (χ4v) is 2.47. The predicted molar refractivity (Wildman–Crippen MR) is 83.2 cm³/mol. The number of aromatic nitrogens is 1. The number of amides is 1. The van der Waals surface area contributed by atoms with E-state index >= 15 is 0 Å². The normalized spacial score (nSPS) is 12.3. The first kappa shape index (κ1) is 14.8. The smallest absolute Gasteiger partial charge is 0.251 e. The first-order chi connectivity index (χ1) is 9.74. The Bertz CT molecular complexity index is 585. The lowest BCUT2D eigenvalue weighted by Gasteiger charge is -2.14. The molecule has 1 N–H and O–H groups in total. The number of halogens is 1. The Hall–Kier alpha value is -1.61. The molecular formula is C16H19ClN2O. The molecule has 2 aromatic rings. The average Bonchev–Trinajstić information content (AvgIpc) is 2.50. The molecule has 2 rings (SSSR count). The lowest BCUT2D eigenvalue weighted by atomic mass is 10.0. The summed E-state index contributed by atoms with van der Waals surface area (Å²) in [5.74, 6) is 1.04. The van der Waals surface area contributed by atoms with Gasteiger partial charge in [-0.1, -0.05) is 19.4 Å². The molecule has 20 heavy (non-hydrogen) atoms. The maximum atomic E-state index is 12.1. The molecule has 1 heterocycles. The second-order valence-corrected chi connectivity index (χ2v) is 5.25. The highest BCUT2D eigenvalue weighted by Gasteiger charge is 2.10. The van der Waals surface area contributed by atoms with Gasteiger partial charge in [0.1, 0.15) is 0 Å². The van der Waals surface area contributed by atoms with E-state index in [2.05, 4.69) is 17.2 Å². The van der Waals surface area contributed by atoms with Crippen LogP contribution in [-0.4, -0.2) is 23.3 Å². The van der Waals surface area contributed by atoms with Gasteiger partial charge in [0.05, 0.1) is 5.52 Å². The van der Waals surface area contributed by atoms with Crippen molar-refractivity contribution in [2.45, 2.75) is 19.8 Å². The molecule has 1 aromatic heterocycles. The molecule has 0 spiro atoms. The summed E-state index contributed by atoms with van der Waals surface area (Å²) < 4.78 is 0. The molecule has 1 unspecified atom stereocenters. The summed E-state index contributed by atoms with van der Waals surface area (Å²) in [7, 11) is 0. The summed E-state index contributed by atoms with van der Waals surface area (Å²) in [5, 5.41) is 3.96. The first-order valence-electron chi connectivity index (χ1n) is 6.93. The molecule has 0 aliphatic rings. The number of pyridine rings is 1. The second-order valence-electron chi connectivity index (χ2n) is 4.87. The standard InChI is InChI=1S/C16H19ClN2O/c1-2-12(7-8-17)11-19-16(20)14-5-6-15-13(10-14)4-3-9-18-15/h3-6,9-10,12H,2,7-8,11H2,1H3,(H,19,20). The zero-order valence-corrected chi connectivity index (χ0v) is 12.4. The average molecular weight is 291 g/mol. The molecule has 1 amide bonds. The van der Waals surface area contributed by atoms with E-state index in [0.717, 1.165) is 23.7 Å². The monoisotopic (exact) mass is 290 g/mol. The number of nitrogens with zero attached hydrogens (tertiary/aromatic N) is 1. The molecule has 0 radical (unpaired) electrons. The third-order valence-electron chi connectivity index (χ3n) is 3.51. The van der Waals surface area contributed by atoms with Gasteiger partial charge in [0.15, 0.2) is 0 Å². The van der Waals surface area contributed by atoms with Gasteiger partial charge in [-0.15, -0.1) is 11.6 Å². The van der Waals surface area contributed by atoms with E-state index in [1.165, 1.54) is 0 Å². The van der Waals surface area contributed by atoms with Crippen LogP contribution >= 0.6 is 11.6 Å². The molecule has 0 aliphatic heterocycles. The summed E-state index contributed by atoms with van der Waals surface area (Å²) in [5.41, 5.74) is 1.57. The number of carbonyl (C=O) groups is 1. The van der Waals surface area contributed by atoms with Gasteiger partial charge < -0.3 is 5.32 Å². The lowest BCUT2D eigenvalue weighted by Crippen LogP contribution is -2.29. The van der Waals surface area contributed by atoms with E-state index in [4.69, 9.17) is 11.6 Å². The van der Waals surface area contributed by atoms with Crippen LogP contribution in [0, 0.1) is 5.92 Å². The topological polar surface area (TPSA) is 42.0 Å². The molecule has 0 aliphatic carbocycles. The van der Waals surface area contributed by atoms with Crippen LogP contribution < -0.4 is 5.32 Å². The van der Waals surface area contributed by atoms with Crippen molar-refractivity contribution in [1.29, 1.82) is 0 Å². The summed E-state index contributed by atoms with van der Waals surface area (Å²) >= 11 is 5.75. The highest BCUT2D eigenvalue weighted by atomic mass is 35.5. The van der Waals surface area contributed by atoms with E-state index in [0.29, 0.717) is 23.9 Å². The minimum absolute atomic E-state index is 0.0382. The van der Waals surface area contributed by atoms with Gasteiger partial charge in [0.2, 0.25) is 0 Å². The van der Waals surface area contributed by atoms with E-state index in [1.807, 2.05) is 30.3 Å². The summed E-state index contributed by atoms with van der Waals surface area (Å²) in [6, 6.07) is 9.40.